The molecule has 0 unspecified atom stereocenters. The number of ether oxygens (including phenoxy) is 2. The first-order valence-electron chi connectivity index (χ1n) is 10.2. The number of carbonyl (C=O) groups is 2. The van der Waals surface area contributed by atoms with Gasteiger partial charge in [0.05, 0.1) is 5.69 Å². The number of benzene rings is 2. The number of rotatable bonds is 8. The number of hydrogen-bond acceptors (Lipinski definition) is 6. The largest absolute Gasteiger partial charge is 0.456 e. The first-order valence-corrected chi connectivity index (χ1v) is 11.7. The Kier molecular flexibility index (Phi) is 6.79. The number of nitrogens with zero attached hydrogens (tertiary/aromatic N) is 2. The van der Waals surface area contributed by atoms with Crippen molar-refractivity contribution in [2.75, 3.05) is 0 Å². The van der Waals surface area contributed by atoms with Gasteiger partial charge in [0, 0.05) is 18.6 Å². The normalized spacial score (nSPS) is 11.1. The molecule has 0 bridgehead atoms. The fourth-order valence-corrected chi connectivity index (χ4v) is 4.20. The van der Waals surface area contributed by atoms with Crippen LogP contribution in [0.15, 0.2) is 97.5 Å². The molecule has 4 rings (SSSR count). The third kappa shape index (κ3) is 5.36. The zero-order chi connectivity index (χ0) is 24.0. The lowest BCUT2D eigenvalue weighted by Gasteiger charge is -2.13. The van der Waals surface area contributed by atoms with Crippen molar-refractivity contribution >= 4 is 22.3 Å². The minimum absolute atomic E-state index is 0.0530. The molecule has 1 N–H and O–H groups in total. The van der Waals surface area contributed by atoms with Crippen LogP contribution >= 0.6 is 0 Å². The Balaban J connectivity index is 1.56. The molecule has 0 fully saturated rings. The topological polar surface area (TPSA) is 109 Å². The van der Waals surface area contributed by atoms with Crippen LogP contribution in [0.3, 0.4) is 0 Å². The lowest BCUT2D eigenvalue weighted by molar-refractivity contribution is 0.0464. The van der Waals surface area contributed by atoms with Crippen LogP contribution in [0.2, 0.25) is 0 Å². The highest BCUT2D eigenvalue weighted by molar-refractivity contribution is 7.88. The van der Waals surface area contributed by atoms with E-state index >= 15 is 0 Å². The number of amides is 1. The average Bonchev–Trinajstić information content (AvgIpc) is 3.53. The van der Waals surface area contributed by atoms with Crippen LogP contribution in [-0.4, -0.2) is 29.0 Å². The summed E-state index contributed by atoms with van der Waals surface area (Å²) < 4.78 is 40.4. The number of nitrogens with one attached hydrogen (secondary N) is 1. The van der Waals surface area contributed by atoms with E-state index in [1.54, 1.807) is 83.7 Å². The first kappa shape index (κ1) is 22.9. The maximum absolute atomic E-state index is 13.0. The average molecular weight is 480 g/mol. The number of hydrogen-bond donors (Lipinski definition) is 1. The summed E-state index contributed by atoms with van der Waals surface area (Å²) in [5.41, 5.74) is 1.43. The first-order chi connectivity index (χ1) is 16.4. The van der Waals surface area contributed by atoms with Gasteiger partial charge in [0.2, 0.25) is 0 Å². The van der Waals surface area contributed by atoms with E-state index in [4.69, 9.17) is 9.47 Å². The van der Waals surface area contributed by atoms with Gasteiger partial charge < -0.3 is 14.0 Å². The van der Waals surface area contributed by atoms with Gasteiger partial charge in [-0.3, -0.25) is 0 Å². The van der Waals surface area contributed by atoms with E-state index in [0.717, 1.165) is 5.56 Å². The SMILES string of the molecule is O=C(NS(=O)(=O)n1ccc(-n2cccc2)c1C(=O)OCc1ccccc1)OCc1ccccc1. The second-order valence-corrected chi connectivity index (χ2v) is 8.71. The summed E-state index contributed by atoms with van der Waals surface area (Å²) in [6, 6.07) is 22.7. The van der Waals surface area contributed by atoms with Gasteiger partial charge in [0.15, 0.2) is 5.69 Å². The summed E-state index contributed by atoms with van der Waals surface area (Å²) in [6.07, 6.45) is 3.30. The van der Waals surface area contributed by atoms with Gasteiger partial charge >= 0.3 is 22.3 Å². The highest BCUT2D eigenvalue weighted by atomic mass is 32.2. The van der Waals surface area contributed by atoms with Crippen molar-refractivity contribution in [3.8, 4) is 5.69 Å². The van der Waals surface area contributed by atoms with E-state index in [9.17, 15) is 18.0 Å². The Bertz CT molecular complexity index is 1360. The highest BCUT2D eigenvalue weighted by Gasteiger charge is 2.28. The second-order valence-electron chi connectivity index (χ2n) is 7.17. The minimum Gasteiger partial charge on any atom is -0.456 e. The van der Waals surface area contributed by atoms with Gasteiger partial charge in [-0.2, -0.15) is 8.42 Å². The highest BCUT2D eigenvalue weighted by Crippen LogP contribution is 2.20. The molecule has 0 aliphatic rings. The Morgan fingerprint density at radius 2 is 1.29 bits per heavy atom. The van der Waals surface area contributed by atoms with Crippen LogP contribution in [0.4, 0.5) is 4.79 Å². The van der Waals surface area contributed by atoms with Crippen LogP contribution in [-0.2, 0) is 32.9 Å². The van der Waals surface area contributed by atoms with Crippen LogP contribution < -0.4 is 4.72 Å². The Morgan fingerprint density at radius 1 is 0.735 bits per heavy atom. The molecule has 0 aliphatic carbocycles. The van der Waals surface area contributed by atoms with Gasteiger partial charge in [-0.1, -0.05) is 60.7 Å². The number of aromatic nitrogens is 2. The molecule has 34 heavy (non-hydrogen) atoms. The lowest BCUT2D eigenvalue weighted by atomic mass is 10.2. The molecule has 0 saturated heterocycles. The summed E-state index contributed by atoms with van der Waals surface area (Å²) in [5.74, 6) is -0.874. The van der Waals surface area contributed by atoms with E-state index in [1.807, 2.05) is 10.8 Å². The summed E-state index contributed by atoms with van der Waals surface area (Å²) in [6.45, 7) is -0.170. The predicted molar refractivity (Wildman–Crippen MR) is 123 cm³/mol. The van der Waals surface area contributed by atoms with E-state index < -0.39 is 22.3 Å². The van der Waals surface area contributed by atoms with Gasteiger partial charge in [0.25, 0.3) is 0 Å². The molecular weight excluding hydrogens is 458 g/mol. The number of esters is 1. The standard InChI is InChI=1S/C24H21N3O6S/c28-23(32-17-19-9-3-1-4-10-19)22-21(26-14-7-8-15-26)13-16-27(22)34(30,31)25-24(29)33-18-20-11-5-2-6-12-20/h1-16H,17-18H2,(H,25,29). The molecule has 2 heterocycles. The van der Waals surface area contributed by atoms with Crippen LogP contribution in [0.5, 0.6) is 0 Å². The molecule has 4 aromatic rings. The maximum Gasteiger partial charge on any atom is 0.422 e. The zero-order valence-corrected chi connectivity index (χ0v) is 18.7. The third-order valence-corrected chi connectivity index (χ3v) is 6.05. The number of carbonyl (C=O) groups excluding carboxylic acids is 2. The van der Waals surface area contributed by atoms with Gasteiger partial charge in [0.1, 0.15) is 13.2 Å². The van der Waals surface area contributed by atoms with Crippen molar-refractivity contribution in [1.29, 1.82) is 0 Å². The molecule has 0 aliphatic heterocycles. The lowest BCUT2D eigenvalue weighted by Crippen LogP contribution is -2.36. The van der Waals surface area contributed by atoms with Crippen molar-refractivity contribution in [1.82, 2.24) is 13.3 Å². The van der Waals surface area contributed by atoms with E-state index in [-0.39, 0.29) is 24.6 Å². The molecule has 2 aromatic carbocycles. The van der Waals surface area contributed by atoms with Crippen molar-refractivity contribution < 1.29 is 27.5 Å². The minimum atomic E-state index is -4.51. The molecule has 0 spiro atoms. The Morgan fingerprint density at radius 3 is 1.88 bits per heavy atom. The molecule has 0 saturated carbocycles. The van der Waals surface area contributed by atoms with Crippen molar-refractivity contribution in [2.24, 2.45) is 0 Å². The Hall–Kier alpha value is -4.31. The Labute approximate surface area is 196 Å². The fourth-order valence-electron chi connectivity index (χ4n) is 3.20. The monoisotopic (exact) mass is 479 g/mol. The van der Waals surface area contributed by atoms with E-state index in [1.165, 1.54) is 12.3 Å². The predicted octanol–water partition coefficient (Wildman–Crippen LogP) is 3.66. The molecule has 2 aromatic heterocycles. The molecule has 0 atom stereocenters. The molecule has 1 amide bonds. The van der Waals surface area contributed by atoms with E-state index in [2.05, 4.69) is 0 Å². The molecule has 174 valence electrons. The quantitative estimate of drug-likeness (QED) is 0.387. The summed E-state index contributed by atoms with van der Waals surface area (Å²) in [7, 11) is -4.51. The van der Waals surface area contributed by atoms with Crippen LogP contribution in [0.1, 0.15) is 21.6 Å². The third-order valence-electron chi connectivity index (χ3n) is 4.80. The van der Waals surface area contributed by atoms with E-state index in [0.29, 0.717) is 9.54 Å². The van der Waals surface area contributed by atoms with Crippen molar-refractivity contribution in [3.63, 3.8) is 0 Å². The molecule has 9 nitrogen and oxygen atoms in total. The smallest absolute Gasteiger partial charge is 0.422 e. The summed E-state index contributed by atoms with van der Waals surface area (Å²) in [5, 5.41) is 0. The van der Waals surface area contributed by atoms with Crippen molar-refractivity contribution in [2.45, 2.75) is 13.2 Å². The molecule has 0 radical (unpaired) electrons. The van der Waals surface area contributed by atoms with Crippen LogP contribution in [0.25, 0.3) is 5.69 Å². The summed E-state index contributed by atoms with van der Waals surface area (Å²) in [4.78, 5) is 25.2. The fraction of sp³-hybridized carbons (Fsp3) is 0.0833. The van der Waals surface area contributed by atoms with Gasteiger partial charge in [-0.15, -0.1) is 0 Å². The molecular formula is C24H21N3O6S. The molecule has 10 heteroatoms. The van der Waals surface area contributed by atoms with Crippen LogP contribution in [0, 0.1) is 0 Å². The van der Waals surface area contributed by atoms with Gasteiger partial charge in [-0.05, 0) is 29.3 Å². The zero-order valence-electron chi connectivity index (χ0n) is 17.9. The van der Waals surface area contributed by atoms with Gasteiger partial charge in [-0.25, -0.2) is 18.3 Å². The van der Waals surface area contributed by atoms with Crippen molar-refractivity contribution in [3.05, 3.63) is 114 Å². The second kappa shape index (κ2) is 10.1. The maximum atomic E-state index is 13.0. The summed E-state index contributed by atoms with van der Waals surface area (Å²) >= 11 is 0.